The molecule has 3 rings (SSSR count). The largest absolute Gasteiger partial charge is 0.416 e. The van der Waals surface area contributed by atoms with Crippen molar-refractivity contribution >= 4 is 12.2 Å². The fourth-order valence-corrected chi connectivity index (χ4v) is 2.34. The van der Waals surface area contributed by atoms with Crippen LogP contribution in [0.25, 0.3) is 11.4 Å². The summed E-state index contributed by atoms with van der Waals surface area (Å²) in [6, 6.07) is 5.19. The van der Waals surface area contributed by atoms with Crippen LogP contribution in [0.3, 0.4) is 0 Å². The third kappa shape index (κ3) is 3.19. The van der Waals surface area contributed by atoms with E-state index in [-0.39, 0.29) is 6.54 Å². The van der Waals surface area contributed by atoms with E-state index in [2.05, 4.69) is 15.3 Å². The highest BCUT2D eigenvalue weighted by molar-refractivity contribution is 7.71. The molecule has 0 atom stereocenters. The molecule has 120 valence electrons. The molecule has 0 unspecified atom stereocenters. The number of nitrogens with zero attached hydrogens (tertiary/aromatic N) is 4. The van der Waals surface area contributed by atoms with E-state index in [1.54, 1.807) is 34.8 Å². The van der Waals surface area contributed by atoms with Gasteiger partial charge in [-0.25, -0.2) is 0 Å². The lowest BCUT2D eigenvalue weighted by Crippen LogP contribution is -2.07. The molecule has 0 amide bonds. The number of benzene rings is 1. The Bertz CT molecular complexity index is 890. The van der Waals surface area contributed by atoms with Gasteiger partial charge in [-0.3, -0.25) is 9.78 Å². The van der Waals surface area contributed by atoms with Gasteiger partial charge in [0, 0.05) is 13.2 Å². The summed E-state index contributed by atoms with van der Waals surface area (Å²) in [5.41, 5.74) is 0.577. The highest BCUT2D eigenvalue weighted by Crippen LogP contribution is 2.29. The summed E-state index contributed by atoms with van der Waals surface area (Å²) in [6.07, 6.45) is -1.04. The third-order valence-corrected chi connectivity index (χ3v) is 3.74. The zero-order valence-corrected chi connectivity index (χ0v) is 12.8. The first-order chi connectivity index (χ1) is 10.8. The first kappa shape index (κ1) is 15.5. The van der Waals surface area contributed by atoms with Crippen LogP contribution in [0.4, 0.5) is 13.2 Å². The van der Waals surface area contributed by atoms with Crippen molar-refractivity contribution < 1.29 is 13.2 Å². The Balaban J connectivity index is 1.85. The van der Waals surface area contributed by atoms with Crippen LogP contribution < -0.4 is 0 Å². The number of rotatable bonds is 3. The first-order valence-electron chi connectivity index (χ1n) is 6.65. The number of halogens is 3. The van der Waals surface area contributed by atoms with E-state index in [1.807, 2.05) is 0 Å². The quantitative estimate of drug-likeness (QED) is 0.744. The van der Waals surface area contributed by atoms with Crippen LogP contribution in [0, 0.1) is 4.77 Å². The molecule has 0 saturated carbocycles. The van der Waals surface area contributed by atoms with Gasteiger partial charge in [0.25, 0.3) is 0 Å². The molecule has 2 aromatic heterocycles. The van der Waals surface area contributed by atoms with Crippen molar-refractivity contribution in [1.29, 1.82) is 0 Å². The van der Waals surface area contributed by atoms with Gasteiger partial charge in [-0.2, -0.15) is 23.4 Å². The van der Waals surface area contributed by atoms with Crippen molar-refractivity contribution in [3.8, 4) is 11.4 Å². The van der Waals surface area contributed by atoms with Crippen LogP contribution in [0.15, 0.2) is 36.7 Å². The Morgan fingerprint density at radius 3 is 2.74 bits per heavy atom. The lowest BCUT2D eigenvalue weighted by atomic mass is 10.1. The normalized spacial score (nSPS) is 11.8. The van der Waals surface area contributed by atoms with Crippen molar-refractivity contribution in [2.45, 2.75) is 12.7 Å². The average molecular weight is 339 g/mol. The third-order valence-electron chi connectivity index (χ3n) is 3.37. The number of aromatic nitrogens is 5. The summed E-state index contributed by atoms with van der Waals surface area (Å²) >= 11 is 5.05. The molecule has 23 heavy (non-hydrogen) atoms. The van der Waals surface area contributed by atoms with E-state index in [1.165, 1.54) is 6.07 Å². The van der Waals surface area contributed by atoms with E-state index >= 15 is 0 Å². The highest BCUT2D eigenvalue weighted by Gasteiger charge is 2.30. The average Bonchev–Trinajstić information content (AvgIpc) is 3.07. The molecule has 0 radical (unpaired) electrons. The summed E-state index contributed by atoms with van der Waals surface area (Å²) in [5, 5.41) is 10.9. The maximum atomic E-state index is 12.7. The van der Waals surface area contributed by atoms with Crippen molar-refractivity contribution in [2.24, 2.45) is 7.05 Å². The molecule has 0 aliphatic carbocycles. The molecule has 1 N–H and O–H groups in total. The second-order valence-corrected chi connectivity index (χ2v) is 5.42. The predicted molar refractivity (Wildman–Crippen MR) is 80.2 cm³/mol. The molecule has 3 aromatic rings. The number of aromatic amines is 1. The molecule has 5 nitrogen and oxygen atoms in total. The number of hydrogen-bond acceptors (Lipinski definition) is 3. The zero-order valence-electron chi connectivity index (χ0n) is 12.0. The molecule has 0 fully saturated rings. The molecule has 9 heteroatoms. The summed E-state index contributed by atoms with van der Waals surface area (Å²) in [6.45, 7) is 0.235. The fraction of sp³-hybridized carbons (Fsp3) is 0.214. The van der Waals surface area contributed by atoms with Gasteiger partial charge < -0.3 is 4.57 Å². The Hall–Kier alpha value is -2.42. The fourth-order valence-electron chi connectivity index (χ4n) is 2.20. The van der Waals surface area contributed by atoms with Crippen LogP contribution in [0.2, 0.25) is 0 Å². The lowest BCUT2D eigenvalue weighted by Gasteiger charge is -2.08. The molecule has 2 heterocycles. The van der Waals surface area contributed by atoms with Crippen LogP contribution >= 0.6 is 12.2 Å². The van der Waals surface area contributed by atoms with E-state index in [0.717, 1.165) is 17.7 Å². The number of nitrogens with one attached hydrogen (secondary N) is 1. The molecular formula is C14H12F3N5S. The van der Waals surface area contributed by atoms with Gasteiger partial charge in [0.15, 0.2) is 10.6 Å². The molecule has 0 spiro atoms. The summed E-state index contributed by atoms with van der Waals surface area (Å²) < 4.78 is 41.9. The lowest BCUT2D eigenvalue weighted by molar-refractivity contribution is -0.137. The van der Waals surface area contributed by atoms with E-state index < -0.39 is 11.7 Å². The van der Waals surface area contributed by atoms with Gasteiger partial charge in [-0.15, -0.1) is 0 Å². The first-order valence-corrected chi connectivity index (χ1v) is 7.06. The number of H-pyrrole nitrogens is 1. The van der Waals surface area contributed by atoms with Crippen LogP contribution in [0.5, 0.6) is 0 Å². The van der Waals surface area contributed by atoms with E-state index in [9.17, 15) is 13.2 Å². The molecule has 0 aliphatic rings. The minimum absolute atomic E-state index is 0.235. The summed E-state index contributed by atoms with van der Waals surface area (Å²) in [7, 11) is 1.77. The Morgan fingerprint density at radius 2 is 2.09 bits per heavy atom. The topological polar surface area (TPSA) is 51.4 Å². The molecule has 1 aromatic carbocycles. The maximum absolute atomic E-state index is 12.7. The van der Waals surface area contributed by atoms with Crippen LogP contribution in [-0.4, -0.2) is 24.5 Å². The minimum atomic E-state index is -4.35. The van der Waals surface area contributed by atoms with Crippen molar-refractivity contribution in [3.05, 3.63) is 52.6 Å². The monoisotopic (exact) mass is 339 g/mol. The van der Waals surface area contributed by atoms with Crippen molar-refractivity contribution in [2.75, 3.05) is 0 Å². The van der Waals surface area contributed by atoms with Crippen molar-refractivity contribution in [1.82, 2.24) is 24.5 Å². The van der Waals surface area contributed by atoms with Gasteiger partial charge in [0.05, 0.1) is 23.9 Å². The van der Waals surface area contributed by atoms with Gasteiger partial charge in [-0.1, -0.05) is 12.1 Å². The second kappa shape index (κ2) is 5.65. The standard InChI is InChI=1S/C14H12F3N5S/c1-21-12(19-20-13(21)23)10-6-18-22(8-10)7-9-3-2-4-11(5-9)14(15,16)17/h2-6,8H,7H2,1H3,(H,20,23). The molecular weight excluding hydrogens is 327 g/mol. The van der Waals surface area contributed by atoms with Gasteiger partial charge >= 0.3 is 6.18 Å². The SMILES string of the molecule is Cn1c(-c2cnn(Cc3cccc(C(F)(F)F)c3)c2)n[nH]c1=S. The van der Waals surface area contributed by atoms with Crippen LogP contribution in [0.1, 0.15) is 11.1 Å². The Labute approximate surface area is 134 Å². The van der Waals surface area contributed by atoms with Crippen LogP contribution in [-0.2, 0) is 19.8 Å². The Morgan fingerprint density at radius 1 is 1.30 bits per heavy atom. The molecule has 0 bridgehead atoms. The second-order valence-electron chi connectivity index (χ2n) is 5.04. The van der Waals surface area contributed by atoms with Crippen molar-refractivity contribution in [3.63, 3.8) is 0 Å². The van der Waals surface area contributed by atoms with Gasteiger partial charge in [0.1, 0.15) is 0 Å². The maximum Gasteiger partial charge on any atom is 0.416 e. The predicted octanol–water partition coefficient (Wildman–Crippen LogP) is 3.41. The highest BCUT2D eigenvalue weighted by atomic mass is 32.1. The van der Waals surface area contributed by atoms with Gasteiger partial charge in [-0.05, 0) is 29.9 Å². The molecule has 0 saturated heterocycles. The minimum Gasteiger partial charge on any atom is -0.303 e. The molecule has 0 aliphatic heterocycles. The Kier molecular flexibility index (Phi) is 3.80. The number of alkyl halides is 3. The smallest absolute Gasteiger partial charge is 0.303 e. The summed E-state index contributed by atoms with van der Waals surface area (Å²) in [5.74, 6) is 0.616. The summed E-state index contributed by atoms with van der Waals surface area (Å²) in [4.78, 5) is 0. The van der Waals surface area contributed by atoms with Gasteiger partial charge in [0.2, 0.25) is 0 Å². The zero-order chi connectivity index (χ0) is 16.6. The van der Waals surface area contributed by atoms with E-state index in [0.29, 0.717) is 16.2 Å². The van der Waals surface area contributed by atoms with E-state index in [4.69, 9.17) is 12.2 Å². The number of hydrogen-bond donors (Lipinski definition) is 1.